The van der Waals surface area contributed by atoms with E-state index >= 15 is 0 Å². The molecule has 0 aliphatic heterocycles. The Morgan fingerprint density at radius 3 is 2.71 bits per heavy atom. The lowest BCUT2D eigenvalue weighted by Crippen LogP contribution is -2.49. The number of nitrogens with zero attached hydrogens (tertiary/aromatic N) is 1. The molecule has 1 rings (SSSR count). The van der Waals surface area contributed by atoms with Crippen LogP contribution in [0.15, 0.2) is 0 Å². The van der Waals surface area contributed by atoms with Crippen LogP contribution >= 0.6 is 0 Å². The molecular weight excluding hydrogens is 214 g/mol. The second kappa shape index (κ2) is 7.67. The summed E-state index contributed by atoms with van der Waals surface area (Å²) in [5.41, 5.74) is 5.60. The molecule has 0 aromatic carbocycles. The maximum absolute atomic E-state index is 11.9. The Morgan fingerprint density at radius 2 is 2.24 bits per heavy atom. The summed E-state index contributed by atoms with van der Waals surface area (Å²) in [6, 6.07) is 0.874. The van der Waals surface area contributed by atoms with E-state index in [0.29, 0.717) is 19.1 Å². The number of carbonyl (C=O) groups is 1. The van der Waals surface area contributed by atoms with Crippen LogP contribution < -0.4 is 11.1 Å². The fourth-order valence-corrected chi connectivity index (χ4v) is 2.32. The van der Waals surface area contributed by atoms with Gasteiger partial charge >= 0.3 is 0 Å². The van der Waals surface area contributed by atoms with Crippen LogP contribution in [0.3, 0.4) is 0 Å². The van der Waals surface area contributed by atoms with Crippen molar-refractivity contribution in [1.29, 1.82) is 0 Å². The summed E-state index contributed by atoms with van der Waals surface area (Å²) in [4.78, 5) is 14.1. The van der Waals surface area contributed by atoms with Crippen LogP contribution in [0.1, 0.15) is 46.0 Å². The predicted octanol–water partition coefficient (Wildman–Crippen LogP) is 1.10. The first-order chi connectivity index (χ1) is 8.17. The molecule has 17 heavy (non-hydrogen) atoms. The minimum Gasteiger partial charge on any atom is -0.353 e. The van der Waals surface area contributed by atoms with E-state index in [2.05, 4.69) is 24.1 Å². The zero-order valence-electron chi connectivity index (χ0n) is 11.2. The van der Waals surface area contributed by atoms with E-state index < -0.39 is 0 Å². The molecule has 0 spiro atoms. The molecule has 1 unspecified atom stereocenters. The Hall–Kier alpha value is -0.610. The highest BCUT2D eigenvalue weighted by atomic mass is 16.2. The minimum absolute atomic E-state index is 0.145. The van der Waals surface area contributed by atoms with Gasteiger partial charge in [0, 0.05) is 25.2 Å². The fourth-order valence-electron chi connectivity index (χ4n) is 2.32. The zero-order valence-corrected chi connectivity index (χ0v) is 11.2. The van der Waals surface area contributed by atoms with Gasteiger partial charge in [0.25, 0.3) is 0 Å². The summed E-state index contributed by atoms with van der Waals surface area (Å²) in [6.45, 7) is 6.18. The molecule has 1 atom stereocenters. The quantitative estimate of drug-likeness (QED) is 0.669. The van der Waals surface area contributed by atoms with Crippen molar-refractivity contribution in [2.24, 2.45) is 5.73 Å². The molecule has 1 amide bonds. The molecule has 1 saturated carbocycles. The van der Waals surface area contributed by atoms with Gasteiger partial charge in [-0.1, -0.05) is 19.8 Å². The maximum Gasteiger partial charge on any atom is 0.234 e. The van der Waals surface area contributed by atoms with Gasteiger partial charge in [0.2, 0.25) is 5.91 Å². The molecule has 1 aliphatic rings. The van der Waals surface area contributed by atoms with Crippen LogP contribution in [-0.4, -0.2) is 42.5 Å². The van der Waals surface area contributed by atoms with E-state index in [9.17, 15) is 4.79 Å². The van der Waals surface area contributed by atoms with E-state index in [-0.39, 0.29) is 11.9 Å². The molecule has 0 aromatic rings. The molecule has 4 nitrogen and oxygen atoms in total. The highest BCUT2D eigenvalue weighted by Crippen LogP contribution is 2.24. The second-order valence-electron chi connectivity index (χ2n) is 5.10. The Morgan fingerprint density at radius 1 is 1.53 bits per heavy atom. The van der Waals surface area contributed by atoms with E-state index in [0.717, 1.165) is 19.4 Å². The predicted molar refractivity (Wildman–Crippen MR) is 70.8 cm³/mol. The van der Waals surface area contributed by atoms with E-state index in [1.807, 2.05) is 0 Å². The average molecular weight is 241 g/mol. The molecule has 0 aromatic heterocycles. The van der Waals surface area contributed by atoms with Gasteiger partial charge in [-0.3, -0.25) is 9.69 Å². The van der Waals surface area contributed by atoms with Crippen LogP contribution in [0.4, 0.5) is 0 Å². The lowest BCUT2D eigenvalue weighted by Gasteiger charge is -2.37. The average Bonchev–Trinajstić information content (AvgIpc) is 2.14. The fraction of sp³-hybridized carbons (Fsp3) is 0.923. The van der Waals surface area contributed by atoms with E-state index in [1.165, 1.54) is 19.3 Å². The maximum atomic E-state index is 11.9. The van der Waals surface area contributed by atoms with Gasteiger partial charge in [-0.25, -0.2) is 0 Å². The van der Waals surface area contributed by atoms with Crippen LogP contribution in [0.25, 0.3) is 0 Å². The monoisotopic (exact) mass is 241 g/mol. The first-order valence-corrected chi connectivity index (χ1v) is 6.90. The normalized spacial score (nSPS) is 17.9. The third kappa shape index (κ3) is 5.04. The smallest absolute Gasteiger partial charge is 0.234 e. The summed E-state index contributed by atoms with van der Waals surface area (Å²) < 4.78 is 0. The molecule has 0 bridgehead atoms. The zero-order chi connectivity index (χ0) is 12.7. The van der Waals surface area contributed by atoms with Crippen LogP contribution in [-0.2, 0) is 4.79 Å². The Bertz CT molecular complexity index is 229. The van der Waals surface area contributed by atoms with Gasteiger partial charge in [0.1, 0.15) is 0 Å². The van der Waals surface area contributed by atoms with Gasteiger partial charge in [0.15, 0.2) is 0 Å². The van der Waals surface area contributed by atoms with Crippen molar-refractivity contribution in [2.75, 3.05) is 19.6 Å². The molecule has 1 aliphatic carbocycles. The van der Waals surface area contributed by atoms with Gasteiger partial charge in [-0.15, -0.1) is 0 Å². The number of hydrogen-bond acceptors (Lipinski definition) is 3. The number of nitrogens with one attached hydrogen (secondary N) is 1. The topological polar surface area (TPSA) is 58.4 Å². The highest BCUT2D eigenvalue weighted by molar-refractivity contribution is 5.78. The molecular formula is C13H27N3O. The molecule has 0 heterocycles. The minimum atomic E-state index is 0.145. The summed E-state index contributed by atoms with van der Waals surface area (Å²) in [7, 11) is 0. The van der Waals surface area contributed by atoms with Gasteiger partial charge in [0.05, 0.1) is 6.54 Å². The lowest BCUT2D eigenvalue weighted by atomic mass is 9.91. The summed E-state index contributed by atoms with van der Waals surface area (Å²) in [6.07, 6.45) is 5.89. The Balaban J connectivity index is 2.30. The summed E-state index contributed by atoms with van der Waals surface area (Å²) >= 11 is 0. The summed E-state index contributed by atoms with van der Waals surface area (Å²) in [5.74, 6) is 0.145. The Kier molecular flexibility index (Phi) is 6.52. The SMILES string of the molecule is CCCC(C)NC(=O)CN(CCN)C1CCC1. The van der Waals surface area contributed by atoms with Crippen LogP contribution in [0.5, 0.6) is 0 Å². The Labute approximate surface area is 105 Å². The van der Waals surface area contributed by atoms with Gasteiger partial charge in [-0.05, 0) is 26.2 Å². The van der Waals surface area contributed by atoms with E-state index in [4.69, 9.17) is 5.73 Å². The number of rotatable bonds is 8. The molecule has 3 N–H and O–H groups in total. The first kappa shape index (κ1) is 14.5. The van der Waals surface area contributed by atoms with Crippen molar-refractivity contribution in [1.82, 2.24) is 10.2 Å². The molecule has 4 heteroatoms. The standard InChI is InChI=1S/C13H27N3O/c1-3-5-11(2)15-13(17)10-16(9-8-14)12-6-4-7-12/h11-12H,3-10,14H2,1-2H3,(H,15,17). The largest absolute Gasteiger partial charge is 0.353 e. The molecule has 0 saturated heterocycles. The number of amides is 1. The first-order valence-electron chi connectivity index (χ1n) is 6.90. The van der Waals surface area contributed by atoms with Crippen molar-refractivity contribution in [3.05, 3.63) is 0 Å². The number of carbonyl (C=O) groups excluding carboxylic acids is 1. The molecule has 100 valence electrons. The second-order valence-corrected chi connectivity index (χ2v) is 5.10. The highest BCUT2D eigenvalue weighted by Gasteiger charge is 2.25. The lowest BCUT2D eigenvalue weighted by molar-refractivity contribution is -0.123. The number of hydrogen-bond donors (Lipinski definition) is 2. The van der Waals surface area contributed by atoms with Crippen molar-refractivity contribution in [3.63, 3.8) is 0 Å². The van der Waals surface area contributed by atoms with Gasteiger partial charge in [-0.2, -0.15) is 0 Å². The van der Waals surface area contributed by atoms with Crippen molar-refractivity contribution in [3.8, 4) is 0 Å². The number of nitrogens with two attached hydrogens (primary N) is 1. The van der Waals surface area contributed by atoms with E-state index in [1.54, 1.807) is 0 Å². The van der Waals surface area contributed by atoms with Crippen molar-refractivity contribution in [2.45, 2.75) is 58.0 Å². The summed E-state index contributed by atoms with van der Waals surface area (Å²) in [5, 5.41) is 3.05. The van der Waals surface area contributed by atoms with Gasteiger partial charge < -0.3 is 11.1 Å². The van der Waals surface area contributed by atoms with Crippen LogP contribution in [0, 0.1) is 0 Å². The third-order valence-electron chi connectivity index (χ3n) is 3.48. The molecule has 0 radical (unpaired) electrons. The third-order valence-corrected chi connectivity index (χ3v) is 3.48. The van der Waals surface area contributed by atoms with Crippen LogP contribution in [0.2, 0.25) is 0 Å². The van der Waals surface area contributed by atoms with Crippen molar-refractivity contribution < 1.29 is 4.79 Å². The molecule has 1 fully saturated rings. The van der Waals surface area contributed by atoms with Crippen molar-refractivity contribution >= 4 is 5.91 Å².